The van der Waals surface area contributed by atoms with Crippen LogP contribution in [0.1, 0.15) is 19.4 Å². The van der Waals surface area contributed by atoms with Crippen LogP contribution in [0.2, 0.25) is 0 Å². The van der Waals surface area contributed by atoms with Crippen molar-refractivity contribution in [2.75, 3.05) is 13.2 Å². The molecule has 0 saturated carbocycles. The van der Waals surface area contributed by atoms with Gasteiger partial charge in [0.2, 0.25) is 0 Å². The second-order valence-corrected chi connectivity index (χ2v) is 4.04. The van der Waals surface area contributed by atoms with Gasteiger partial charge in [0.15, 0.2) is 5.92 Å². The number of esters is 2. The predicted octanol–water partition coefficient (Wildman–Crippen LogP) is 1.82. The molecule has 0 aliphatic rings. The molecule has 1 aromatic rings. The summed E-state index contributed by atoms with van der Waals surface area (Å²) in [5, 5.41) is 9.14. The van der Waals surface area contributed by atoms with E-state index in [9.17, 15) is 14.0 Å². The van der Waals surface area contributed by atoms with E-state index >= 15 is 0 Å². The Morgan fingerprint density at radius 3 is 2.20 bits per heavy atom. The van der Waals surface area contributed by atoms with Crippen LogP contribution in [-0.4, -0.2) is 30.3 Å². The highest BCUT2D eigenvalue weighted by molar-refractivity contribution is 5.95. The van der Waals surface area contributed by atoms with E-state index in [0.717, 1.165) is 6.07 Å². The second kappa shape index (κ2) is 7.47. The molecule has 0 unspecified atom stereocenters. The maximum Gasteiger partial charge on any atom is 0.320 e. The Kier molecular flexibility index (Phi) is 5.96. The zero-order valence-corrected chi connectivity index (χ0v) is 11.4. The molecule has 6 heteroatoms. The topological polar surface area (TPSA) is 72.8 Å². The van der Waals surface area contributed by atoms with E-state index in [0.29, 0.717) is 0 Å². The third-order valence-electron chi connectivity index (χ3n) is 2.60. The Morgan fingerprint density at radius 2 is 1.75 bits per heavy atom. The van der Waals surface area contributed by atoms with Crippen LogP contribution >= 0.6 is 0 Å². The predicted molar refractivity (Wildman–Crippen MR) is 68.5 cm³/mol. The Bertz CT molecular complexity index is 468. The van der Waals surface area contributed by atoms with Crippen molar-refractivity contribution in [2.24, 2.45) is 5.92 Å². The lowest BCUT2D eigenvalue weighted by Crippen LogP contribution is -2.30. The molecule has 110 valence electrons. The molecule has 0 heterocycles. The maximum atomic E-state index is 13.6. The molecule has 5 nitrogen and oxygen atoms in total. The summed E-state index contributed by atoms with van der Waals surface area (Å²) in [7, 11) is 0. The number of hydrogen-bond acceptors (Lipinski definition) is 5. The monoisotopic (exact) mass is 284 g/mol. The van der Waals surface area contributed by atoms with Crippen LogP contribution in [0.15, 0.2) is 18.2 Å². The molecule has 0 aliphatic carbocycles. The van der Waals surface area contributed by atoms with E-state index in [4.69, 9.17) is 14.6 Å². The summed E-state index contributed by atoms with van der Waals surface area (Å²) in [5.41, 5.74) is 0.133. The standard InChI is InChI=1S/C14H17FO5/c1-3-19-13(17)11(14(18)20-4-2)7-9-5-6-10(16)8-12(9)15/h5-6,8,11,16H,3-4,7H2,1-2H3. The first-order chi connectivity index (χ1) is 9.49. The molecular weight excluding hydrogens is 267 g/mol. The van der Waals surface area contributed by atoms with Gasteiger partial charge in [-0.1, -0.05) is 6.07 Å². The van der Waals surface area contributed by atoms with Crippen molar-refractivity contribution in [2.45, 2.75) is 20.3 Å². The third-order valence-corrected chi connectivity index (χ3v) is 2.60. The highest BCUT2D eigenvalue weighted by Gasteiger charge is 2.30. The molecule has 0 aromatic heterocycles. The van der Waals surface area contributed by atoms with Gasteiger partial charge in [-0.2, -0.15) is 0 Å². The van der Waals surface area contributed by atoms with Gasteiger partial charge in [-0.15, -0.1) is 0 Å². The smallest absolute Gasteiger partial charge is 0.320 e. The van der Waals surface area contributed by atoms with Crippen molar-refractivity contribution in [1.29, 1.82) is 0 Å². The van der Waals surface area contributed by atoms with Gasteiger partial charge in [-0.25, -0.2) is 4.39 Å². The van der Waals surface area contributed by atoms with Crippen LogP contribution in [0.3, 0.4) is 0 Å². The summed E-state index contributed by atoms with van der Waals surface area (Å²) < 4.78 is 23.2. The Labute approximate surface area is 116 Å². The number of phenolic OH excluding ortho intramolecular Hbond substituents is 1. The average Bonchev–Trinajstić information content (AvgIpc) is 2.38. The van der Waals surface area contributed by atoms with E-state index in [1.165, 1.54) is 12.1 Å². The van der Waals surface area contributed by atoms with Crippen molar-refractivity contribution in [3.63, 3.8) is 0 Å². The lowest BCUT2D eigenvalue weighted by molar-refractivity contribution is -0.161. The van der Waals surface area contributed by atoms with Crippen molar-refractivity contribution in [3.8, 4) is 5.75 Å². The molecule has 0 aliphatic heterocycles. The quantitative estimate of drug-likeness (QED) is 0.637. The summed E-state index contributed by atoms with van der Waals surface area (Å²) in [5.74, 6) is -3.63. The zero-order valence-electron chi connectivity index (χ0n) is 11.4. The number of aromatic hydroxyl groups is 1. The minimum atomic E-state index is -1.21. The highest BCUT2D eigenvalue weighted by Crippen LogP contribution is 2.19. The van der Waals surface area contributed by atoms with Crippen LogP contribution in [0.5, 0.6) is 5.75 Å². The Balaban J connectivity index is 2.93. The maximum absolute atomic E-state index is 13.6. The van der Waals surface area contributed by atoms with Gasteiger partial charge in [-0.05, 0) is 31.9 Å². The third kappa shape index (κ3) is 4.22. The normalized spacial score (nSPS) is 10.4. The van der Waals surface area contributed by atoms with Crippen molar-refractivity contribution >= 4 is 11.9 Å². The first-order valence-corrected chi connectivity index (χ1v) is 6.30. The van der Waals surface area contributed by atoms with Gasteiger partial charge in [0.05, 0.1) is 13.2 Å². The molecule has 0 atom stereocenters. The van der Waals surface area contributed by atoms with Gasteiger partial charge in [0.1, 0.15) is 11.6 Å². The Hall–Kier alpha value is -2.11. The molecule has 0 spiro atoms. The van der Waals surface area contributed by atoms with Crippen LogP contribution in [0.25, 0.3) is 0 Å². The SMILES string of the molecule is CCOC(=O)C(Cc1ccc(O)cc1F)C(=O)OCC. The first-order valence-electron chi connectivity index (χ1n) is 6.30. The van der Waals surface area contributed by atoms with Crippen LogP contribution in [-0.2, 0) is 25.5 Å². The number of phenols is 1. The van der Waals surface area contributed by atoms with Crippen molar-refractivity contribution < 1.29 is 28.6 Å². The minimum absolute atomic E-state index is 0.118. The zero-order chi connectivity index (χ0) is 15.1. The number of benzene rings is 1. The molecule has 0 amide bonds. The summed E-state index contributed by atoms with van der Waals surface area (Å²) in [6.45, 7) is 3.46. The lowest BCUT2D eigenvalue weighted by Gasteiger charge is -2.14. The van der Waals surface area contributed by atoms with E-state index in [1.54, 1.807) is 13.8 Å². The molecule has 1 rings (SSSR count). The molecule has 1 aromatic carbocycles. The van der Waals surface area contributed by atoms with Gasteiger partial charge in [-0.3, -0.25) is 9.59 Å². The molecule has 0 fully saturated rings. The van der Waals surface area contributed by atoms with Gasteiger partial charge < -0.3 is 14.6 Å². The summed E-state index contributed by atoms with van der Waals surface area (Å²) in [6, 6.07) is 3.52. The van der Waals surface area contributed by atoms with Gasteiger partial charge in [0, 0.05) is 6.07 Å². The fourth-order valence-electron chi connectivity index (χ4n) is 1.67. The number of halogens is 1. The lowest BCUT2D eigenvalue weighted by atomic mass is 9.99. The van der Waals surface area contributed by atoms with Crippen LogP contribution in [0, 0.1) is 11.7 Å². The second-order valence-electron chi connectivity index (χ2n) is 4.04. The molecule has 1 N–H and O–H groups in total. The fraction of sp³-hybridized carbons (Fsp3) is 0.429. The average molecular weight is 284 g/mol. The van der Waals surface area contributed by atoms with E-state index < -0.39 is 23.7 Å². The van der Waals surface area contributed by atoms with E-state index in [-0.39, 0.29) is 30.9 Å². The number of ether oxygens (including phenoxy) is 2. The van der Waals surface area contributed by atoms with E-state index in [2.05, 4.69) is 0 Å². The first kappa shape index (κ1) is 15.9. The molecule has 0 bridgehead atoms. The van der Waals surface area contributed by atoms with E-state index in [1.807, 2.05) is 0 Å². The van der Waals surface area contributed by atoms with Gasteiger partial charge in [0.25, 0.3) is 0 Å². The largest absolute Gasteiger partial charge is 0.508 e. The molecular formula is C14H17FO5. The summed E-state index contributed by atoms with van der Waals surface area (Å²) in [6.07, 6.45) is -0.177. The number of rotatable bonds is 6. The number of carbonyl (C=O) groups excluding carboxylic acids is 2. The number of hydrogen-bond donors (Lipinski definition) is 1. The minimum Gasteiger partial charge on any atom is -0.508 e. The fourth-order valence-corrected chi connectivity index (χ4v) is 1.67. The van der Waals surface area contributed by atoms with Crippen LogP contribution in [0.4, 0.5) is 4.39 Å². The Morgan fingerprint density at radius 1 is 1.20 bits per heavy atom. The molecule has 20 heavy (non-hydrogen) atoms. The number of carbonyl (C=O) groups is 2. The molecule has 0 saturated heterocycles. The van der Waals surface area contributed by atoms with Crippen molar-refractivity contribution in [1.82, 2.24) is 0 Å². The summed E-state index contributed by atoms with van der Waals surface area (Å²) >= 11 is 0. The highest BCUT2D eigenvalue weighted by atomic mass is 19.1. The van der Waals surface area contributed by atoms with Crippen molar-refractivity contribution in [3.05, 3.63) is 29.6 Å². The molecule has 0 radical (unpaired) electrons. The van der Waals surface area contributed by atoms with Crippen LogP contribution < -0.4 is 0 Å². The summed E-state index contributed by atoms with van der Waals surface area (Å²) in [4.78, 5) is 23.5. The van der Waals surface area contributed by atoms with Gasteiger partial charge >= 0.3 is 11.9 Å².